The normalized spacial score (nSPS) is 17.8. The van der Waals surface area contributed by atoms with Gasteiger partial charge in [-0.1, -0.05) is 27.7 Å². The fraction of sp³-hybridized carbons (Fsp3) is 0.688. The maximum Gasteiger partial charge on any atom is 0.290 e. The number of carbonyl (C=O) groups excluding carboxylic acids is 2. The fourth-order valence-electron chi connectivity index (χ4n) is 5.83. The second-order valence-corrected chi connectivity index (χ2v) is 12.5. The highest BCUT2D eigenvalue weighted by Gasteiger charge is 2.29. The number of benzene rings is 1. The van der Waals surface area contributed by atoms with E-state index in [-0.39, 0.29) is 24.2 Å². The Labute approximate surface area is 245 Å². The zero-order valence-corrected chi connectivity index (χ0v) is 25.8. The Kier molecular flexibility index (Phi) is 12.6. The van der Waals surface area contributed by atoms with Crippen LogP contribution in [0.5, 0.6) is 0 Å². The predicted octanol–water partition coefficient (Wildman–Crippen LogP) is 5.09. The van der Waals surface area contributed by atoms with Crippen LogP contribution in [-0.4, -0.2) is 94.0 Å². The van der Waals surface area contributed by atoms with E-state index in [9.17, 15) is 9.59 Å². The third kappa shape index (κ3) is 9.28. The van der Waals surface area contributed by atoms with Crippen LogP contribution in [0, 0.1) is 11.8 Å². The minimum absolute atomic E-state index is 0.127. The number of imidazole rings is 1. The van der Waals surface area contributed by atoms with Gasteiger partial charge in [0.25, 0.3) is 12.4 Å². The van der Waals surface area contributed by atoms with Gasteiger partial charge in [-0.15, -0.1) is 0 Å². The monoisotopic (exact) mass is 569 g/mol. The number of hydrogen-bond acceptors (Lipinski definition) is 5. The number of fused-ring (bicyclic) bond motifs is 1. The summed E-state index contributed by atoms with van der Waals surface area (Å²) in [6.45, 7) is 15.3. The molecule has 1 unspecified atom stereocenters. The molecule has 2 aliphatic heterocycles. The van der Waals surface area contributed by atoms with Gasteiger partial charge in [0.2, 0.25) is 5.91 Å². The number of likely N-dealkylation sites (N-methyl/N-ethyl adjacent to an activating group) is 1. The number of carboxylic acid groups (broad SMARTS) is 1. The summed E-state index contributed by atoms with van der Waals surface area (Å²) in [6.07, 6.45) is 7.10. The van der Waals surface area contributed by atoms with E-state index in [2.05, 4.69) is 48.1 Å². The lowest BCUT2D eigenvalue weighted by Gasteiger charge is -2.29. The van der Waals surface area contributed by atoms with Gasteiger partial charge < -0.3 is 24.4 Å². The summed E-state index contributed by atoms with van der Waals surface area (Å²) in [5, 5.41) is 6.89. The van der Waals surface area contributed by atoms with Crippen LogP contribution in [0.25, 0.3) is 11.0 Å². The lowest BCUT2D eigenvalue weighted by molar-refractivity contribution is -0.132. The zero-order valence-electron chi connectivity index (χ0n) is 25.8. The number of likely N-dealkylation sites (tertiary alicyclic amines) is 2. The Morgan fingerprint density at radius 2 is 1.73 bits per heavy atom. The summed E-state index contributed by atoms with van der Waals surface area (Å²) in [6, 6.07) is 6.08. The summed E-state index contributed by atoms with van der Waals surface area (Å²) >= 11 is 0. The third-order valence-corrected chi connectivity index (χ3v) is 8.31. The minimum Gasteiger partial charge on any atom is -0.483 e. The Bertz CT molecular complexity index is 1130. The van der Waals surface area contributed by atoms with Crippen molar-refractivity contribution in [2.75, 3.05) is 46.3 Å². The van der Waals surface area contributed by atoms with Gasteiger partial charge in [-0.25, -0.2) is 4.98 Å². The number of nitrogens with zero attached hydrogens (tertiary/aromatic N) is 5. The first-order chi connectivity index (χ1) is 19.6. The molecule has 2 aromatic rings. The smallest absolute Gasteiger partial charge is 0.290 e. The van der Waals surface area contributed by atoms with Gasteiger partial charge in [-0.3, -0.25) is 14.4 Å². The summed E-state index contributed by atoms with van der Waals surface area (Å²) in [5.74, 6) is 2.77. The molecule has 2 amide bonds. The molecule has 1 N–H and O–H groups in total. The number of rotatable bonds is 12. The number of piperidine rings is 1. The lowest BCUT2D eigenvalue weighted by Crippen LogP contribution is -2.36. The van der Waals surface area contributed by atoms with Crippen molar-refractivity contribution in [1.29, 1.82) is 0 Å². The molecule has 4 rings (SSSR count). The van der Waals surface area contributed by atoms with Gasteiger partial charge >= 0.3 is 0 Å². The van der Waals surface area contributed by atoms with Crippen molar-refractivity contribution in [2.45, 2.75) is 85.1 Å². The van der Waals surface area contributed by atoms with Crippen LogP contribution >= 0.6 is 0 Å². The van der Waals surface area contributed by atoms with Crippen molar-refractivity contribution >= 4 is 29.3 Å². The van der Waals surface area contributed by atoms with Crippen molar-refractivity contribution in [3.8, 4) is 0 Å². The summed E-state index contributed by atoms with van der Waals surface area (Å²) in [4.78, 5) is 45.8. The second kappa shape index (κ2) is 15.9. The van der Waals surface area contributed by atoms with Crippen molar-refractivity contribution < 1.29 is 19.5 Å². The number of aromatic nitrogens is 2. The topological polar surface area (TPSA) is 99.0 Å². The van der Waals surface area contributed by atoms with Crippen LogP contribution in [0.15, 0.2) is 18.2 Å². The molecule has 2 aliphatic rings. The molecule has 1 atom stereocenters. The SMILES string of the molecule is CC(C)CCN(CCC(C)C)C(=O)c1ccc2nc(C3CCC(=O)N(C)C3)n(CCCN3CCCC3)c2c1.O=CO. The van der Waals surface area contributed by atoms with E-state index >= 15 is 0 Å². The van der Waals surface area contributed by atoms with Gasteiger partial charge in [0, 0.05) is 51.1 Å². The quantitative estimate of drug-likeness (QED) is 0.358. The average Bonchev–Trinajstić information content (AvgIpc) is 3.58. The van der Waals surface area contributed by atoms with Crippen LogP contribution in [0.3, 0.4) is 0 Å². The van der Waals surface area contributed by atoms with Crippen LogP contribution in [0.2, 0.25) is 0 Å². The highest BCUT2D eigenvalue weighted by molar-refractivity contribution is 5.97. The second-order valence-electron chi connectivity index (χ2n) is 12.5. The highest BCUT2D eigenvalue weighted by Crippen LogP contribution is 2.30. The lowest BCUT2D eigenvalue weighted by atomic mass is 9.97. The number of carbonyl (C=O) groups is 3. The summed E-state index contributed by atoms with van der Waals surface area (Å²) in [5.41, 5.74) is 2.76. The molecule has 1 aromatic carbocycles. The van der Waals surface area contributed by atoms with E-state index in [1.807, 2.05) is 24.1 Å². The van der Waals surface area contributed by atoms with Crippen molar-refractivity contribution in [2.24, 2.45) is 11.8 Å². The van der Waals surface area contributed by atoms with Gasteiger partial charge in [0.05, 0.1) is 11.0 Å². The molecule has 9 heteroatoms. The molecule has 41 heavy (non-hydrogen) atoms. The molecule has 0 aliphatic carbocycles. The van der Waals surface area contributed by atoms with Crippen LogP contribution in [-0.2, 0) is 16.1 Å². The van der Waals surface area contributed by atoms with Crippen molar-refractivity contribution in [3.63, 3.8) is 0 Å². The van der Waals surface area contributed by atoms with Gasteiger partial charge in [-0.2, -0.15) is 0 Å². The molecular formula is C32H51N5O4. The van der Waals surface area contributed by atoms with Crippen LogP contribution < -0.4 is 0 Å². The van der Waals surface area contributed by atoms with E-state index < -0.39 is 0 Å². The van der Waals surface area contributed by atoms with E-state index in [0.29, 0.717) is 24.8 Å². The van der Waals surface area contributed by atoms with Crippen LogP contribution in [0.4, 0.5) is 0 Å². The van der Waals surface area contributed by atoms with E-state index in [4.69, 9.17) is 14.9 Å². The maximum absolute atomic E-state index is 13.7. The highest BCUT2D eigenvalue weighted by atomic mass is 16.3. The average molecular weight is 570 g/mol. The molecule has 0 saturated carbocycles. The standard InChI is InChI=1S/C31H49N5O2.CH2O2/c1-23(2)13-19-35(20-14-24(3)4)31(38)25-9-11-27-28(21-25)36(18-8-17-34-15-6-7-16-34)30(32-27)26-10-12-29(37)33(5)22-26;2-1-3/h9,11,21,23-24,26H,6-8,10,12-20,22H2,1-5H3;1H,(H,2,3). The molecular weight excluding hydrogens is 518 g/mol. The Morgan fingerprint density at radius 1 is 1.10 bits per heavy atom. The Hall–Kier alpha value is -2.94. The van der Waals surface area contributed by atoms with Gasteiger partial charge in [-0.05, 0) is 88.2 Å². The molecule has 0 spiro atoms. The zero-order chi connectivity index (χ0) is 29.9. The van der Waals surface area contributed by atoms with Crippen molar-refractivity contribution in [3.05, 3.63) is 29.6 Å². The Morgan fingerprint density at radius 3 is 2.32 bits per heavy atom. The summed E-state index contributed by atoms with van der Waals surface area (Å²) < 4.78 is 2.36. The summed E-state index contributed by atoms with van der Waals surface area (Å²) in [7, 11) is 1.90. The molecule has 1 aromatic heterocycles. The fourth-order valence-corrected chi connectivity index (χ4v) is 5.83. The molecule has 9 nitrogen and oxygen atoms in total. The van der Waals surface area contributed by atoms with Gasteiger partial charge in [0.1, 0.15) is 5.82 Å². The van der Waals surface area contributed by atoms with E-state index in [1.165, 1.54) is 25.9 Å². The van der Waals surface area contributed by atoms with Crippen LogP contribution in [0.1, 0.15) is 94.7 Å². The number of aryl methyl sites for hydroxylation is 1. The minimum atomic E-state index is -0.250. The molecule has 2 saturated heterocycles. The number of hydrogen-bond donors (Lipinski definition) is 1. The van der Waals surface area contributed by atoms with Crippen molar-refractivity contribution in [1.82, 2.24) is 24.3 Å². The molecule has 0 bridgehead atoms. The first kappa shape index (κ1) is 32.6. The molecule has 3 heterocycles. The van der Waals surface area contributed by atoms with E-state index in [1.54, 1.807) is 0 Å². The predicted molar refractivity (Wildman–Crippen MR) is 163 cm³/mol. The maximum atomic E-state index is 13.7. The largest absolute Gasteiger partial charge is 0.483 e. The first-order valence-electron chi connectivity index (χ1n) is 15.5. The first-order valence-corrected chi connectivity index (χ1v) is 15.5. The molecule has 2 fully saturated rings. The third-order valence-electron chi connectivity index (χ3n) is 8.31. The number of amides is 2. The molecule has 228 valence electrons. The van der Waals surface area contributed by atoms with E-state index in [0.717, 1.165) is 74.3 Å². The Balaban J connectivity index is 0.00000147. The molecule has 0 radical (unpaired) electrons. The van der Waals surface area contributed by atoms with Gasteiger partial charge in [0.15, 0.2) is 0 Å².